The van der Waals surface area contributed by atoms with Crippen molar-refractivity contribution in [1.82, 2.24) is 15.3 Å². The van der Waals surface area contributed by atoms with E-state index in [0.29, 0.717) is 11.8 Å². The molecule has 1 heterocycles. The van der Waals surface area contributed by atoms with Crippen molar-refractivity contribution in [2.75, 3.05) is 20.7 Å². The Balaban J connectivity index is 2.30. The van der Waals surface area contributed by atoms with Gasteiger partial charge in [0.05, 0.1) is 0 Å². The van der Waals surface area contributed by atoms with Crippen LogP contribution in [-0.2, 0) is 4.74 Å². The van der Waals surface area contributed by atoms with Gasteiger partial charge in [0.2, 0.25) is 0 Å². The molecule has 106 valence electrons. The molecule has 1 aromatic rings. The highest BCUT2D eigenvalue weighted by Crippen LogP contribution is 2.42. The lowest BCUT2D eigenvalue weighted by Crippen LogP contribution is -2.19. The fourth-order valence-electron chi connectivity index (χ4n) is 2.91. The van der Waals surface area contributed by atoms with Crippen LogP contribution in [0.1, 0.15) is 54.6 Å². The number of hydrogen-bond acceptors (Lipinski definition) is 4. The summed E-state index contributed by atoms with van der Waals surface area (Å²) in [5, 5.41) is 3.22. The number of ether oxygens (including phenoxy) is 1. The topological polar surface area (TPSA) is 47.0 Å². The molecule has 0 aromatic carbocycles. The highest BCUT2D eigenvalue weighted by atomic mass is 16.5. The summed E-state index contributed by atoms with van der Waals surface area (Å²) in [5.74, 6) is 1.91. The monoisotopic (exact) mass is 263 g/mol. The highest BCUT2D eigenvalue weighted by Gasteiger charge is 2.34. The Bertz CT molecular complexity index is 420. The van der Waals surface area contributed by atoms with Gasteiger partial charge in [0.25, 0.3) is 0 Å². The van der Waals surface area contributed by atoms with Crippen molar-refractivity contribution in [3.05, 3.63) is 22.8 Å². The third kappa shape index (κ3) is 3.12. The van der Waals surface area contributed by atoms with Gasteiger partial charge >= 0.3 is 0 Å². The number of aromatic nitrogens is 2. The second-order valence-corrected chi connectivity index (χ2v) is 5.62. The van der Waals surface area contributed by atoms with E-state index in [4.69, 9.17) is 14.7 Å². The van der Waals surface area contributed by atoms with Crippen LogP contribution in [0, 0.1) is 19.8 Å². The zero-order valence-corrected chi connectivity index (χ0v) is 12.7. The molecule has 1 fully saturated rings. The quantitative estimate of drug-likeness (QED) is 0.856. The first kappa shape index (κ1) is 14.4. The van der Waals surface area contributed by atoms with Gasteiger partial charge in [-0.15, -0.1) is 0 Å². The summed E-state index contributed by atoms with van der Waals surface area (Å²) in [4.78, 5) is 9.41. The van der Waals surface area contributed by atoms with Gasteiger partial charge in [-0.05, 0) is 51.1 Å². The lowest BCUT2D eigenvalue weighted by Gasteiger charge is -2.20. The fraction of sp³-hybridized carbons (Fsp3) is 0.733. The molecule has 1 saturated carbocycles. The van der Waals surface area contributed by atoms with Crippen LogP contribution in [0.4, 0.5) is 0 Å². The van der Waals surface area contributed by atoms with Crippen LogP contribution in [0.2, 0.25) is 0 Å². The van der Waals surface area contributed by atoms with Gasteiger partial charge in [0, 0.05) is 25.0 Å². The van der Waals surface area contributed by atoms with E-state index in [9.17, 15) is 0 Å². The van der Waals surface area contributed by atoms with E-state index in [-0.39, 0.29) is 6.10 Å². The van der Waals surface area contributed by atoms with Crippen molar-refractivity contribution < 1.29 is 4.74 Å². The first-order valence-electron chi connectivity index (χ1n) is 7.10. The molecule has 1 N–H and O–H groups in total. The van der Waals surface area contributed by atoms with Crippen molar-refractivity contribution in [1.29, 1.82) is 0 Å². The Kier molecular flexibility index (Phi) is 4.53. The van der Waals surface area contributed by atoms with E-state index < -0.39 is 0 Å². The molecular weight excluding hydrogens is 238 g/mol. The number of nitrogens with one attached hydrogen (secondary N) is 1. The second-order valence-electron chi connectivity index (χ2n) is 5.62. The molecule has 0 aliphatic heterocycles. The molecule has 0 saturated heterocycles. The zero-order chi connectivity index (χ0) is 14.0. The van der Waals surface area contributed by atoms with Crippen LogP contribution in [0.5, 0.6) is 0 Å². The van der Waals surface area contributed by atoms with E-state index in [1.807, 2.05) is 7.05 Å². The predicted octanol–water partition coefficient (Wildman–Crippen LogP) is 2.51. The number of rotatable bonds is 6. The Hall–Kier alpha value is -1.00. The van der Waals surface area contributed by atoms with Gasteiger partial charge in [-0.3, -0.25) is 0 Å². The fourth-order valence-corrected chi connectivity index (χ4v) is 2.91. The Morgan fingerprint density at radius 1 is 1.26 bits per heavy atom. The van der Waals surface area contributed by atoms with Gasteiger partial charge in [-0.2, -0.15) is 0 Å². The predicted molar refractivity (Wildman–Crippen MR) is 76.3 cm³/mol. The molecule has 2 rings (SSSR count). The number of methoxy groups -OCH3 is 1. The van der Waals surface area contributed by atoms with Gasteiger partial charge in [0.1, 0.15) is 6.10 Å². The van der Waals surface area contributed by atoms with E-state index >= 15 is 0 Å². The normalized spacial score (nSPS) is 18.4. The molecule has 2 atom stereocenters. The van der Waals surface area contributed by atoms with Crippen LogP contribution in [0.3, 0.4) is 0 Å². The molecule has 1 aliphatic rings. The van der Waals surface area contributed by atoms with Crippen LogP contribution < -0.4 is 5.32 Å². The van der Waals surface area contributed by atoms with Crippen molar-refractivity contribution >= 4 is 0 Å². The maximum absolute atomic E-state index is 5.58. The molecular formula is C15H25N3O. The minimum Gasteiger partial charge on any atom is -0.373 e. The summed E-state index contributed by atoms with van der Waals surface area (Å²) in [5.41, 5.74) is 3.45. The number of likely N-dealkylation sites (N-methyl/N-ethyl adjacent to an activating group) is 1. The van der Waals surface area contributed by atoms with Crippen molar-refractivity contribution in [3.8, 4) is 0 Å². The van der Waals surface area contributed by atoms with Crippen molar-refractivity contribution in [2.24, 2.45) is 5.92 Å². The van der Waals surface area contributed by atoms with Gasteiger partial charge in [-0.1, -0.05) is 6.92 Å². The van der Waals surface area contributed by atoms with Gasteiger partial charge in [-0.25, -0.2) is 9.97 Å². The summed E-state index contributed by atoms with van der Waals surface area (Å²) in [6.07, 6.45) is 2.54. The van der Waals surface area contributed by atoms with E-state index in [2.05, 4.69) is 26.1 Å². The largest absolute Gasteiger partial charge is 0.373 e. The third-order valence-electron chi connectivity index (χ3n) is 3.91. The van der Waals surface area contributed by atoms with Crippen LogP contribution in [0.15, 0.2) is 0 Å². The summed E-state index contributed by atoms with van der Waals surface area (Å²) in [6.45, 7) is 7.32. The molecule has 19 heavy (non-hydrogen) atoms. The van der Waals surface area contributed by atoms with Crippen LogP contribution in [-0.4, -0.2) is 30.7 Å². The second kappa shape index (κ2) is 5.97. The van der Waals surface area contributed by atoms with Gasteiger partial charge < -0.3 is 10.1 Å². The zero-order valence-electron chi connectivity index (χ0n) is 12.7. The first-order chi connectivity index (χ1) is 9.08. The molecule has 0 amide bonds. The molecule has 4 nitrogen and oxygen atoms in total. The average Bonchev–Trinajstić information content (AvgIpc) is 3.14. The lowest BCUT2D eigenvalue weighted by molar-refractivity contribution is 0.0768. The summed E-state index contributed by atoms with van der Waals surface area (Å²) < 4.78 is 5.58. The molecule has 2 unspecified atom stereocenters. The minimum atomic E-state index is 0.0751. The average molecular weight is 263 g/mol. The van der Waals surface area contributed by atoms with E-state index in [1.54, 1.807) is 7.11 Å². The molecule has 1 aromatic heterocycles. The summed E-state index contributed by atoms with van der Waals surface area (Å²) >= 11 is 0. The SMILES string of the molecule is CNCC(C)c1c(C)nc(C(OC)C2CC2)nc1C. The van der Waals surface area contributed by atoms with E-state index in [1.165, 1.54) is 18.4 Å². The maximum Gasteiger partial charge on any atom is 0.157 e. The molecule has 0 bridgehead atoms. The number of hydrogen-bond donors (Lipinski definition) is 1. The van der Waals surface area contributed by atoms with E-state index in [0.717, 1.165) is 23.8 Å². The third-order valence-corrected chi connectivity index (χ3v) is 3.91. The Labute approximate surface area is 116 Å². The molecule has 0 spiro atoms. The summed E-state index contributed by atoms with van der Waals surface area (Å²) in [7, 11) is 3.74. The van der Waals surface area contributed by atoms with Crippen molar-refractivity contribution in [3.63, 3.8) is 0 Å². The van der Waals surface area contributed by atoms with Gasteiger partial charge in [0.15, 0.2) is 5.82 Å². The lowest BCUT2D eigenvalue weighted by atomic mass is 9.97. The standard InChI is InChI=1S/C15H25N3O/c1-9(8-16-4)13-10(2)17-15(18-11(13)3)14(19-5)12-6-7-12/h9,12,14,16H,6-8H2,1-5H3. The maximum atomic E-state index is 5.58. The molecule has 4 heteroatoms. The molecule has 1 aliphatic carbocycles. The Morgan fingerprint density at radius 2 is 1.84 bits per heavy atom. The van der Waals surface area contributed by atoms with Crippen molar-refractivity contribution in [2.45, 2.75) is 45.6 Å². The van der Waals surface area contributed by atoms with Crippen LogP contribution >= 0.6 is 0 Å². The minimum absolute atomic E-state index is 0.0751. The molecule has 0 radical (unpaired) electrons. The summed E-state index contributed by atoms with van der Waals surface area (Å²) in [6, 6.07) is 0. The first-order valence-corrected chi connectivity index (χ1v) is 7.10. The number of nitrogens with zero attached hydrogens (tertiary/aromatic N) is 2. The smallest absolute Gasteiger partial charge is 0.157 e. The highest BCUT2D eigenvalue weighted by molar-refractivity contribution is 5.29. The van der Waals surface area contributed by atoms with Crippen LogP contribution in [0.25, 0.3) is 0 Å². The Morgan fingerprint density at radius 3 is 2.26 bits per heavy atom. The number of aryl methyl sites for hydroxylation is 2.